The topological polar surface area (TPSA) is 64.3 Å². The SMILES string of the molecule is CCOCCN(CC)c1nc(CC)nc(N)c1C. The number of likely N-dealkylation sites (N-methyl/N-ethyl adjacent to an activating group) is 1. The lowest BCUT2D eigenvalue weighted by atomic mass is 10.2. The minimum Gasteiger partial charge on any atom is -0.383 e. The van der Waals surface area contributed by atoms with Crippen molar-refractivity contribution in [3.8, 4) is 0 Å². The van der Waals surface area contributed by atoms with E-state index in [9.17, 15) is 0 Å². The Morgan fingerprint density at radius 1 is 1.22 bits per heavy atom. The van der Waals surface area contributed by atoms with Crippen molar-refractivity contribution in [2.24, 2.45) is 0 Å². The second-order valence-corrected chi connectivity index (χ2v) is 4.10. The number of nitrogens with zero attached hydrogens (tertiary/aromatic N) is 3. The molecule has 2 N–H and O–H groups in total. The number of nitrogens with two attached hydrogens (primary N) is 1. The zero-order chi connectivity index (χ0) is 13.5. The highest BCUT2D eigenvalue weighted by atomic mass is 16.5. The molecule has 0 radical (unpaired) electrons. The zero-order valence-corrected chi connectivity index (χ0v) is 11.9. The fourth-order valence-corrected chi connectivity index (χ4v) is 1.77. The van der Waals surface area contributed by atoms with Gasteiger partial charge in [-0.2, -0.15) is 0 Å². The van der Waals surface area contributed by atoms with Gasteiger partial charge in [0.25, 0.3) is 0 Å². The number of anilines is 2. The van der Waals surface area contributed by atoms with Gasteiger partial charge in [0.2, 0.25) is 0 Å². The highest BCUT2D eigenvalue weighted by Gasteiger charge is 2.13. The van der Waals surface area contributed by atoms with Crippen LogP contribution in [-0.4, -0.2) is 36.3 Å². The van der Waals surface area contributed by atoms with E-state index in [2.05, 4.69) is 21.8 Å². The average molecular weight is 252 g/mol. The number of ether oxygens (including phenoxy) is 1. The lowest BCUT2D eigenvalue weighted by molar-refractivity contribution is 0.154. The van der Waals surface area contributed by atoms with Crippen LogP contribution in [-0.2, 0) is 11.2 Å². The van der Waals surface area contributed by atoms with Gasteiger partial charge in [0.15, 0.2) is 0 Å². The second kappa shape index (κ2) is 7.16. The van der Waals surface area contributed by atoms with Crippen molar-refractivity contribution in [1.29, 1.82) is 0 Å². The molecule has 0 atom stereocenters. The molecule has 0 amide bonds. The molecule has 1 heterocycles. The number of hydrogen-bond donors (Lipinski definition) is 1. The van der Waals surface area contributed by atoms with Crippen LogP contribution in [0.25, 0.3) is 0 Å². The van der Waals surface area contributed by atoms with Gasteiger partial charge in [0.05, 0.1) is 6.61 Å². The predicted octanol–water partition coefficient (Wildman–Crippen LogP) is 1.79. The molecule has 0 aromatic carbocycles. The Bertz CT molecular complexity index is 381. The predicted molar refractivity (Wildman–Crippen MR) is 74.9 cm³/mol. The van der Waals surface area contributed by atoms with Crippen LogP contribution >= 0.6 is 0 Å². The smallest absolute Gasteiger partial charge is 0.137 e. The molecule has 1 aromatic heterocycles. The van der Waals surface area contributed by atoms with Crippen LogP contribution in [0.15, 0.2) is 0 Å². The third-order valence-electron chi connectivity index (χ3n) is 2.91. The maximum absolute atomic E-state index is 5.94. The minimum absolute atomic E-state index is 0.576. The molecule has 18 heavy (non-hydrogen) atoms. The molecule has 0 saturated carbocycles. The van der Waals surface area contributed by atoms with Gasteiger partial charge < -0.3 is 15.4 Å². The summed E-state index contributed by atoms with van der Waals surface area (Å²) in [5.41, 5.74) is 6.88. The molecule has 0 spiro atoms. The van der Waals surface area contributed by atoms with E-state index in [-0.39, 0.29) is 0 Å². The van der Waals surface area contributed by atoms with Crippen molar-refractivity contribution in [1.82, 2.24) is 9.97 Å². The van der Waals surface area contributed by atoms with Gasteiger partial charge in [-0.05, 0) is 20.8 Å². The zero-order valence-electron chi connectivity index (χ0n) is 11.9. The Morgan fingerprint density at radius 3 is 2.50 bits per heavy atom. The molecule has 0 fully saturated rings. The summed E-state index contributed by atoms with van der Waals surface area (Å²) in [7, 11) is 0. The summed E-state index contributed by atoms with van der Waals surface area (Å²) in [5.74, 6) is 2.30. The van der Waals surface area contributed by atoms with Crippen molar-refractivity contribution in [3.05, 3.63) is 11.4 Å². The van der Waals surface area contributed by atoms with E-state index >= 15 is 0 Å². The number of aromatic nitrogens is 2. The van der Waals surface area contributed by atoms with Crippen molar-refractivity contribution in [2.75, 3.05) is 36.9 Å². The maximum Gasteiger partial charge on any atom is 0.137 e. The van der Waals surface area contributed by atoms with E-state index < -0.39 is 0 Å². The molecular formula is C13H24N4O. The fourth-order valence-electron chi connectivity index (χ4n) is 1.77. The summed E-state index contributed by atoms with van der Waals surface area (Å²) >= 11 is 0. The molecule has 0 aliphatic carbocycles. The highest BCUT2D eigenvalue weighted by molar-refractivity contribution is 5.56. The number of aryl methyl sites for hydroxylation is 1. The second-order valence-electron chi connectivity index (χ2n) is 4.10. The van der Waals surface area contributed by atoms with E-state index in [1.54, 1.807) is 0 Å². The van der Waals surface area contributed by atoms with Crippen LogP contribution in [0, 0.1) is 6.92 Å². The van der Waals surface area contributed by atoms with Crippen LogP contribution in [0.3, 0.4) is 0 Å². The first-order valence-corrected chi connectivity index (χ1v) is 6.59. The summed E-state index contributed by atoms with van der Waals surface area (Å²) in [4.78, 5) is 11.0. The first kappa shape index (κ1) is 14.7. The molecule has 0 aliphatic heterocycles. The van der Waals surface area contributed by atoms with Gasteiger partial charge in [-0.25, -0.2) is 9.97 Å². The molecule has 0 bridgehead atoms. The molecule has 102 valence electrons. The van der Waals surface area contributed by atoms with Gasteiger partial charge >= 0.3 is 0 Å². The molecule has 5 nitrogen and oxygen atoms in total. The van der Waals surface area contributed by atoms with E-state index in [0.717, 1.165) is 43.3 Å². The van der Waals surface area contributed by atoms with Crippen LogP contribution in [0.4, 0.5) is 11.6 Å². The molecule has 5 heteroatoms. The van der Waals surface area contributed by atoms with Gasteiger partial charge in [-0.3, -0.25) is 0 Å². The summed E-state index contributed by atoms with van der Waals surface area (Å²) in [6, 6.07) is 0. The van der Waals surface area contributed by atoms with Crippen LogP contribution in [0.2, 0.25) is 0 Å². The first-order chi connectivity index (χ1) is 8.63. The van der Waals surface area contributed by atoms with Crippen molar-refractivity contribution in [2.45, 2.75) is 34.1 Å². The summed E-state index contributed by atoms with van der Waals surface area (Å²) in [6.45, 7) is 11.3. The van der Waals surface area contributed by atoms with Gasteiger partial charge in [-0.1, -0.05) is 6.92 Å². The average Bonchev–Trinajstić information content (AvgIpc) is 2.38. The quantitative estimate of drug-likeness (QED) is 0.750. The molecule has 1 rings (SSSR count). The maximum atomic E-state index is 5.94. The van der Waals surface area contributed by atoms with Crippen molar-refractivity contribution < 1.29 is 4.74 Å². The van der Waals surface area contributed by atoms with Crippen LogP contribution in [0.1, 0.15) is 32.2 Å². The van der Waals surface area contributed by atoms with E-state index in [1.165, 1.54) is 0 Å². The molecule has 0 saturated heterocycles. The lowest BCUT2D eigenvalue weighted by Gasteiger charge is -2.24. The normalized spacial score (nSPS) is 10.7. The summed E-state index contributed by atoms with van der Waals surface area (Å²) in [6.07, 6.45) is 0.792. The lowest BCUT2D eigenvalue weighted by Crippen LogP contribution is -2.29. The third kappa shape index (κ3) is 3.57. The number of nitrogen functional groups attached to an aromatic ring is 1. The summed E-state index contributed by atoms with van der Waals surface area (Å²) in [5, 5.41) is 0. The van der Waals surface area contributed by atoms with Gasteiger partial charge in [-0.15, -0.1) is 0 Å². The fraction of sp³-hybridized carbons (Fsp3) is 0.692. The number of hydrogen-bond acceptors (Lipinski definition) is 5. The Balaban J connectivity index is 2.93. The molecule has 1 aromatic rings. The standard InChI is InChI=1S/C13H24N4O/c1-5-11-15-12(14)10(4)13(16-11)17(6-2)8-9-18-7-3/h5-9H2,1-4H3,(H2,14,15,16). The van der Waals surface area contributed by atoms with Crippen molar-refractivity contribution in [3.63, 3.8) is 0 Å². The van der Waals surface area contributed by atoms with E-state index in [4.69, 9.17) is 10.5 Å². The van der Waals surface area contributed by atoms with Gasteiger partial charge in [0.1, 0.15) is 17.5 Å². The Morgan fingerprint density at radius 2 is 1.94 bits per heavy atom. The van der Waals surface area contributed by atoms with Crippen molar-refractivity contribution >= 4 is 11.6 Å². The first-order valence-electron chi connectivity index (χ1n) is 6.59. The van der Waals surface area contributed by atoms with E-state index in [0.29, 0.717) is 12.4 Å². The summed E-state index contributed by atoms with van der Waals surface area (Å²) < 4.78 is 5.40. The monoisotopic (exact) mass is 252 g/mol. The third-order valence-corrected chi connectivity index (χ3v) is 2.91. The molecule has 0 aliphatic rings. The molecular weight excluding hydrogens is 228 g/mol. The largest absolute Gasteiger partial charge is 0.383 e. The van der Waals surface area contributed by atoms with Crippen LogP contribution in [0.5, 0.6) is 0 Å². The van der Waals surface area contributed by atoms with Crippen LogP contribution < -0.4 is 10.6 Å². The highest BCUT2D eigenvalue weighted by Crippen LogP contribution is 2.21. The molecule has 0 unspecified atom stereocenters. The Kier molecular flexibility index (Phi) is 5.85. The minimum atomic E-state index is 0.576. The van der Waals surface area contributed by atoms with Gasteiger partial charge in [0, 0.05) is 31.7 Å². The Labute approximate surface area is 109 Å². The Hall–Kier alpha value is -1.36. The van der Waals surface area contributed by atoms with E-state index in [1.807, 2.05) is 20.8 Å². The number of rotatable bonds is 7.